The normalized spacial score (nSPS) is 14.4. The number of hydrogen-bond acceptors (Lipinski definition) is 6. The molecule has 5 rings (SSSR count). The van der Waals surface area contributed by atoms with E-state index in [0.717, 1.165) is 37.6 Å². The molecule has 2 aromatic heterocycles. The second kappa shape index (κ2) is 9.35. The fraction of sp³-hybridized carbons (Fsp3) is 0.231. The number of aromatic nitrogens is 3. The van der Waals surface area contributed by atoms with E-state index < -0.39 is 10.8 Å². The van der Waals surface area contributed by atoms with Gasteiger partial charge in [0.05, 0.1) is 16.0 Å². The number of nitro benzene ring substituents is 1. The van der Waals surface area contributed by atoms with Crippen molar-refractivity contribution in [1.82, 2.24) is 14.5 Å². The van der Waals surface area contributed by atoms with E-state index in [0.29, 0.717) is 28.1 Å². The zero-order valence-corrected chi connectivity index (χ0v) is 18.8. The second-order valence-electron chi connectivity index (χ2n) is 8.56. The second-order valence-corrected chi connectivity index (χ2v) is 8.56. The predicted octanol–water partition coefficient (Wildman–Crippen LogP) is 5.52. The summed E-state index contributed by atoms with van der Waals surface area (Å²) in [6.45, 7) is 0. The number of anilines is 1. The van der Waals surface area contributed by atoms with Crippen LogP contribution in [0.3, 0.4) is 0 Å². The number of fused-ring (bicyclic) bond motifs is 2. The number of benzene rings is 2. The van der Waals surface area contributed by atoms with Crippen molar-refractivity contribution < 1.29 is 9.72 Å². The van der Waals surface area contributed by atoms with Crippen LogP contribution in [0.2, 0.25) is 0 Å². The lowest BCUT2D eigenvalue weighted by Crippen LogP contribution is -2.19. The van der Waals surface area contributed by atoms with Gasteiger partial charge >= 0.3 is 0 Å². The van der Waals surface area contributed by atoms with Crippen LogP contribution in [0.25, 0.3) is 28.3 Å². The molecule has 0 saturated heterocycles. The molecule has 9 nitrogen and oxygen atoms in total. The topological polar surface area (TPSA) is 127 Å². The molecule has 0 radical (unpaired) electrons. The summed E-state index contributed by atoms with van der Waals surface area (Å²) in [5, 5.41) is 23.9. The zero-order valence-electron chi connectivity index (χ0n) is 18.8. The number of rotatable bonds is 5. The minimum Gasteiger partial charge on any atom is -0.307 e. The van der Waals surface area contributed by atoms with E-state index >= 15 is 0 Å². The van der Waals surface area contributed by atoms with Gasteiger partial charge in [-0.2, -0.15) is 5.26 Å². The van der Waals surface area contributed by atoms with Crippen LogP contribution in [0.1, 0.15) is 49.3 Å². The highest BCUT2D eigenvalue weighted by Crippen LogP contribution is 2.38. The van der Waals surface area contributed by atoms with E-state index in [4.69, 9.17) is 9.97 Å². The summed E-state index contributed by atoms with van der Waals surface area (Å²) in [6, 6.07) is 15.8. The van der Waals surface area contributed by atoms with Crippen LogP contribution in [0.15, 0.2) is 54.6 Å². The van der Waals surface area contributed by atoms with Crippen LogP contribution in [-0.2, 0) is 4.79 Å². The van der Waals surface area contributed by atoms with Gasteiger partial charge in [-0.1, -0.05) is 43.5 Å². The quantitative estimate of drug-likeness (QED) is 0.234. The molecule has 4 aromatic rings. The number of nitrogens with zero attached hydrogens (tertiary/aromatic N) is 5. The Morgan fingerprint density at radius 1 is 1.11 bits per heavy atom. The highest BCUT2D eigenvalue weighted by molar-refractivity contribution is 6.05. The number of nitriles is 1. The lowest BCUT2D eigenvalue weighted by Gasteiger charge is -2.25. The number of nitrogens with one attached hydrogen (secondary N) is 1. The molecule has 0 aliphatic heterocycles. The van der Waals surface area contributed by atoms with Gasteiger partial charge in [0, 0.05) is 24.3 Å². The molecule has 2 heterocycles. The van der Waals surface area contributed by atoms with Gasteiger partial charge in [0.25, 0.3) is 5.69 Å². The van der Waals surface area contributed by atoms with E-state index in [2.05, 4.69) is 11.4 Å². The largest absolute Gasteiger partial charge is 0.307 e. The highest BCUT2D eigenvalue weighted by Gasteiger charge is 2.27. The van der Waals surface area contributed by atoms with Gasteiger partial charge in [-0.15, -0.1) is 0 Å². The monoisotopic (exact) mass is 466 g/mol. The van der Waals surface area contributed by atoms with Crippen LogP contribution in [0.4, 0.5) is 11.5 Å². The fourth-order valence-corrected chi connectivity index (χ4v) is 4.66. The summed E-state index contributed by atoms with van der Waals surface area (Å²) in [5.41, 5.74) is 3.21. The first-order valence-corrected chi connectivity index (χ1v) is 11.5. The summed E-state index contributed by atoms with van der Waals surface area (Å²) in [7, 11) is 0. The molecule has 35 heavy (non-hydrogen) atoms. The molecule has 2 aromatic carbocycles. The Morgan fingerprint density at radius 2 is 1.86 bits per heavy atom. The molecule has 9 heteroatoms. The van der Waals surface area contributed by atoms with Crippen LogP contribution in [0, 0.1) is 21.4 Å². The first-order valence-electron chi connectivity index (χ1n) is 11.5. The van der Waals surface area contributed by atoms with Crippen molar-refractivity contribution in [2.24, 2.45) is 0 Å². The summed E-state index contributed by atoms with van der Waals surface area (Å²) >= 11 is 0. The van der Waals surface area contributed by atoms with E-state index in [1.54, 1.807) is 12.1 Å². The van der Waals surface area contributed by atoms with Crippen molar-refractivity contribution in [2.45, 2.75) is 38.1 Å². The summed E-state index contributed by atoms with van der Waals surface area (Å²) < 4.78 is 1.96. The van der Waals surface area contributed by atoms with Crippen molar-refractivity contribution in [3.8, 4) is 6.07 Å². The molecular weight excluding hydrogens is 444 g/mol. The maximum Gasteiger partial charge on any atom is 0.270 e. The Labute approximate surface area is 200 Å². The van der Waals surface area contributed by atoms with Crippen molar-refractivity contribution in [3.63, 3.8) is 0 Å². The van der Waals surface area contributed by atoms with Crippen molar-refractivity contribution in [2.75, 3.05) is 5.32 Å². The number of carbonyl (C=O) groups excluding carboxylic acids is 1. The van der Waals surface area contributed by atoms with Crippen LogP contribution < -0.4 is 5.32 Å². The SMILES string of the molecule is N#Cc1c(NC(=O)C=Cc2cccc([N+](=O)[O-])c2)n(C2CCCCC2)c2nc3ccccc3nc12. The van der Waals surface area contributed by atoms with Crippen molar-refractivity contribution in [1.29, 1.82) is 5.26 Å². The summed E-state index contributed by atoms with van der Waals surface area (Å²) in [6.07, 6.45) is 7.95. The molecule has 0 atom stereocenters. The number of non-ortho nitro benzene ring substituents is 1. The molecule has 0 unspecified atom stereocenters. The van der Waals surface area contributed by atoms with Gasteiger partial charge in [0.2, 0.25) is 5.91 Å². The minimum absolute atomic E-state index is 0.0547. The Bertz CT molecular complexity index is 1530. The molecule has 1 fully saturated rings. The predicted molar refractivity (Wildman–Crippen MR) is 133 cm³/mol. The van der Waals surface area contributed by atoms with Gasteiger partial charge < -0.3 is 9.88 Å². The fourth-order valence-electron chi connectivity index (χ4n) is 4.66. The smallest absolute Gasteiger partial charge is 0.270 e. The van der Waals surface area contributed by atoms with Gasteiger partial charge in [-0.25, -0.2) is 9.97 Å². The average molecular weight is 467 g/mol. The van der Waals surface area contributed by atoms with Crippen LogP contribution in [0.5, 0.6) is 0 Å². The Morgan fingerprint density at radius 3 is 2.57 bits per heavy atom. The van der Waals surface area contributed by atoms with Crippen LogP contribution >= 0.6 is 0 Å². The standard InChI is InChI=1S/C26H22N6O3/c27-16-20-24-26(29-22-12-5-4-11-21(22)28-24)31(18-8-2-1-3-9-18)25(20)30-23(33)14-13-17-7-6-10-19(15-17)32(34)35/h4-7,10-15,18H,1-3,8-9H2,(H,30,33). The molecule has 1 aliphatic carbocycles. The van der Waals surface area contributed by atoms with E-state index in [1.807, 2.05) is 28.8 Å². The van der Waals surface area contributed by atoms with E-state index in [-0.39, 0.29) is 17.3 Å². The molecular formula is C26H22N6O3. The maximum atomic E-state index is 12.9. The molecule has 0 spiro atoms. The van der Waals surface area contributed by atoms with Crippen molar-refractivity contribution in [3.05, 3.63) is 75.8 Å². The van der Waals surface area contributed by atoms with Crippen LogP contribution in [-0.4, -0.2) is 25.4 Å². The molecule has 0 bridgehead atoms. The molecule has 1 N–H and O–H groups in total. The highest BCUT2D eigenvalue weighted by atomic mass is 16.6. The Hall–Kier alpha value is -4.58. The zero-order chi connectivity index (χ0) is 24.4. The summed E-state index contributed by atoms with van der Waals surface area (Å²) in [4.78, 5) is 33.0. The third-order valence-electron chi connectivity index (χ3n) is 6.30. The number of carbonyl (C=O) groups is 1. The summed E-state index contributed by atoms with van der Waals surface area (Å²) in [5.74, 6) is -0.0594. The average Bonchev–Trinajstić information content (AvgIpc) is 3.18. The van der Waals surface area contributed by atoms with E-state index in [1.165, 1.54) is 24.3 Å². The number of nitro groups is 1. The third-order valence-corrected chi connectivity index (χ3v) is 6.30. The lowest BCUT2D eigenvalue weighted by molar-refractivity contribution is -0.384. The lowest BCUT2D eigenvalue weighted by atomic mass is 9.95. The Balaban J connectivity index is 1.57. The van der Waals surface area contributed by atoms with Gasteiger partial charge in [0.1, 0.15) is 23.0 Å². The molecule has 1 aliphatic rings. The van der Waals surface area contributed by atoms with E-state index in [9.17, 15) is 20.2 Å². The third kappa shape index (κ3) is 4.34. The van der Waals surface area contributed by atoms with Gasteiger partial charge in [-0.05, 0) is 36.6 Å². The maximum absolute atomic E-state index is 12.9. The molecule has 1 saturated carbocycles. The minimum atomic E-state index is -0.483. The number of para-hydroxylation sites is 2. The van der Waals surface area contributed by atoms with Crippen molar-refractivity contribution >= 4 is 45.7 Å². The molecule has 1 amide bonds. The number of hydrogen-bond donors (Lipinski definition) is 1. The van der Waals surface area contributed by atoms with Gasteiger partial charge in [0.15, 0.2) is 5.65 Å². The van der Waals surface area contributed by atoms with Gasteiger partial charge in [-0.3, -0.25) is 14.9 Å². The Kier molecular flexibility index (Phi) is 5.94. The molecule has 174 valence electrons. The number of amides is 1. The first kappa shape index (κ1) is 22.2. The first-order chi connectivity index (χ1) is 17.0.